The Labute approximate surface area is 131 Å². The summed E-state index contributed by atoms with van der Waals surface area (Å²) < 4.78 is 5.60. The Bertz CT molecular complexity index is 416. The summed E-state index contributed by atoms with van der Waals surface area (Å²) in [4.78, 5) is 13.1. The van der Waals surface area contributed by atoms with Gasteiger partial charge in [0, 0.05) is 18.3 Å². The molecule has 120 valence electrons. The quantitative estimate of drug-likeness (QED) is 0.688. The molecule has 7 heteroatoms. The third-order valence-corrected chi connectivity index (χ3v) is 3.42. The predicted octanol–water partition coefficient (Wildman–Crippen LogP) is 3.03. The van der Waals surface area contributed by atoms with E-state index in [0.717, 1.165) is 25.1 Å². The molecule has 1 atom stereocenters. The maximum absolute atomic E-state index is 5.60. The van der Waals surface area contributed by atoms with Crippen molar-refractivity contribution in [1.29, 1.82) is 0 Å². The van der Waals surface area contributed by atoms with Crippen LogP contribution in [0, 0.1) is 0 Å². The van der Waals surface area contributed by atoms with E-state index in [0.29, 0.717) is 23.9 Å². The summed E-state index contributed by atoms with van der Waals surface area (Å²) in [5.41, 5.74) is 0. The van der Waals surface area contributed by atoms with E-state index in [1.165, 1.54) is 0 Å². The second-order valence-electron chi connectivity index (χ2n) is 5.06. The largest absolute Gasteiger partial charge is 0.461 e. The molecule has 0 saturated carbocycles. The first-order chi connectivity index (χ1) is 10.1. The third-order valence-electron chi connectivity index (χ3n) is 2.68. The number of aromatic nitrogens is 3. The molecule has 1 aromatic heterocycles. The first-order valence-electron chi connectivity index (χ1n) is 7.51. The molecule has 0 aliphatic rings. The zero-order valence-electron chi connectivity index (χ0n) is 13.6. The van der Waals surface area contributed by atoms with E-state index >= 15 is 0 Å². The van der Waals surface area contributed by atoms with Crippen molar-refractivity contribution in [2.24, 2.45) is 0 Å². The van der Waals surface area contributed by atoms with Crippen LogP contribution in [0.25, 0.3) is 0 Å². The van der Waals surface area contributed by atoms with Gasteiger partial charge in [-0.05, 0) is 32.9 Å². The fourth-order valence-electron chi connectivity index (χ4n) is 1.65. The first-order valence-corrected chi connectivity index (χ1v) is 8.90. The molecule has 21 heavy (non-hydrogen) atoms. The molecule has 2 N–H and O–H groups in total. The average molecular weight is 313 g/mol. The van der Waals surface area contributed by atoms with Gasteiger partial charge in [-0.15, -0.1) is 0 Å². The highest BCUT2D eigenvalue weighted by atomic mass is 32.2. The molecule has 1 heterocycles. The second kappa shape index (κ2) is 9.65. The first kappa shape index (κ1) is 17.8. The van der Waals surface area contributed by atoms with Crippen LogP contribution in [0.4, 0.5) is 11.9 Å². The maximum Gasteiger partial charge on any atom is 0.323 e. The Balaban J connectivity index is 2.88. The predicted molar refractivity (Wildman–Crippen MR) is 90.5 cm³/mol. The highest BCUT2D eigenvalue weighted by Crippen LogP contribution is 2.15. The van der Waals surface area contributed by atoms with E-state index in [1.54, 1.807) is 11.8 Å². The van der Waals surface area contributed by atoms with Gasteiger partial charge in [0.25, 0.3) is 0 Å². The maximum atomic E-state index is 5.60. The van der Waals surface area contributed by atoms with Crippen molar-refractivity contribution in [3.63, 3.8) is 0 Å². The molecule has 0 aliphatic heterocycles. The lowest BCUT2D eigenvalue weighted by Gasteiger charge is -2.17. The zero-order chi connectivity index (χ0) is 15.7. The molecule has 0 spiro atoms. The van der Waals surface area contributed by atoms with Gasteiger partial charge in [-0.25, -0.2) is 0 Å². The summed E-state index contributed by atoms with van der Waals surface area (Å²) >= 11 is 1.81. The fraction of sp³-hybridized carbons (Fsp3) is 0.786. The van der Waals surface area contributed by atoms with Crippen molar-refractivity contribution in [2.75, 3.05) is 29.2 Å². The average Bonchev–Trinajstić information content (AvgIpc) is 2.43. The van der Waals surface area contributed by atoms with Crippen molar-refractivity contribution in [2.45, 2.75) is 52.7 Å². The SMILES string of the molecule is CCCNc1nc(NC(CC)CSC)nc(OC(C)C)n1. The van der Waals surface area contributed by atoms with Crippen LogP contribution in [0.5, 0.6) is 6.01 Å². The van der Waals surface area contributed by atoms with E-state index in [-0.39, 0.29) is 6.10 Å². The van der Waals surface area contributed by atoms with Crippen LogP contribution < -0.4 is 15.4 Å². The summed E-state index contributed by atoms with van der Waals surface area (Å²) in [6, 6.07) is 0.702. The van der Waals surface area contributed by atoms with Gasteiger partial charge in [0.2, 0.25) is 11.9 Å². The molecular formula is C14H27N5OS. The third kappa shape index (κ3) is 6.84. The van der Waals surface area contributed by atoms with E-state index in [1.807, 2.05) is 13.8 Å². The smallest absolute Gasteiger partial charge is 0.323 e. The van der Waals surface area contributed by atoms with Crippen LogP contribution in [0.2, 0.25) is 0 Å². The molecule has 0 saturated heterocycles. The monoisotopic (exact) mass is 313 g/mol. The lowest BCUT2D eigenvalue weighted by atomic mass is 10.3. The molecule has 1 aromatic rings. The molecule has 1 rings (SSSR count). The van der Waals surface area contributed by atoms with Crippen molar-refractivity contribution in [1.82, 2.24) is 15.0 Å². The number of thioether (sulfide) groups is 1. The molecule has 0 bridgehead atoms. The Morgan fingerprint density at radius 1 is 1.14 bits per heavy atom. The summed E-state index contributed by atoms with van der Waals surface area (Å²) in [5, 5.41) is 6.54. The van der Waals surface area contributed by atoms with E-state index in [2.05, 4.69) is 45.7 Å². The van der Waals surface area contributed by atoms with E-state index < -0.39 is 0 Å². The number of hydrogen-bond donors (Lipinski definition) is 2. The minimum atomic E-state index is 0.0347. The van der Waals surface area contributed by atoms with Crippen LogP contribution >= 0.6 is 11.8 Å². The topological polar surface area (TPSA) is 72.0 Å². The van der Waals surface area contributed by atoms with Crippen molar-refractivity contribution >= 4 is 23.7 Å². The van der Waals surface area contributed by atoms with Gasteiger partial charge in [0.1, 0.15) is 0 Å². The summed E-state index contributed by atoms with van der Waals surface area (Å²) in [6.07, 6.45) is 4.16. The van der Waals surface area contributed by atoms with Gasteiger partial charge >= 0.3 is 6.01 Å². The Morgan fingerprint density at radius 2 is 1.86 bits per heavy atom. The Morgan fingerprint density at radius 3 is 2.43 bits per heavy atom. The Hall–Kier alpha value is -1.24. The highest BCUT2D eigenvalue weighted by Gasteiger charge is 2.12. The summed E-state index contributed by atoms with van der Waals surface area (Å²) in [6.45, 7) is 8.99. The lowest BCUT2D eigenvalue weighted by molar-refractivity contribution is 0.222. The fourth-order valence-corrected chi connectivity index (χ4v) is 2.37. The zero-order valence-corrected chi connectivity index (χ0v) is 14.5. The number of nitrogens with zero attached hydrogens (tertiary/aromatic N) is 3. The van der Waals surface area contributed by atoms with Crippen molar-refractivity contribution in [3.05, 3.63) is 0 Å². The molecule has 1 unspecified atom stereocenters. The Kier molecular flexibility index (Phi) is 8.19. The number of anilines is 2. The minimum absolute atomic E-state index is 0.0347. The van der Waals surface area contributed by atoms with Gasteiger partial charge in [-0.1, -0.05) is 13.8 Å². The van der Waals surface area contributed by atoms with Gasteiger partial charge < -0.3 is 15.4 Å². The summed E-state index contributed by atoms with van der Waals surface area (Å²) in [5.74, 6) is 2.14. The summed E-state index contributed by atoms with van der Waals surface area (Å²) in [7, 11) is 0. The normalized spacial score (nSPS) is 12.3. The van der Waals surface area contributed by atoms with E-state index in [9.17, 15) is 0 Å². The molecule has 0 aromatic carbocycles. The van der Waals surface area contributed by atoms with Crippen LogP contribution in [0.1, 0.15) is 40.5 Å². The number of ether oxygens (including phenoxy) is 1. The number of rotatable bonds is 10. The van der Waals surface area contributed by atoms with Crippen LogP contribution in [0.15, 0.2) is 0 Å². The second-order valence-corrected chi connectivity index (χ2v) is 5.97. The van der Waals surface area contributed by atoms with Crippen LogP contribution in [-0.2, 0) is 0 Å². The van der Waals surface area contributed by atoms with Crippen molar-refractivity contribution < 1.29 is 4.74 Å². The number of hydrogen-bond acceptors (Lipinski definition) is 7. The van der Waals surface area contributed by atoms with Gasteiger partial charge in [-0.2, -0.15) is 26.7 Å². The van der Waals surface area contributed by atoms with Crippen LogP contribution in [-0.4, -0.2) is 45.7 Å². The van der Waals surface area contributed by atoms with Gasteiger partial charge in [-0.3, -0.25) is 0 Å². The van der Waals surface area contributed by atoms with Gasteiger partial charge in [0.15, 0.2) is 0 Å². The van der Waals surface area contributed by atoms with Crippen LogP contribution in [0.3, 0.4) is 0 Å². The molecule has 0 fully saturated rings. The lowest BCUT2D eigenvalue weighted by Crippen LogP contribution is -2.23. The molecule has 0 aliphatic carbocycles. The standard InChI is InChI=1S/C14H27N5OS/c1-6-8-15-12-17-13(16-11(7-2)9-21-5)19-14(18-12)20-10(3)4/h10-11H,6-9H2,1-5H3,(H2,15,16,17,18,19). The highest BCUT2D eigenvalue weighted by molar-refractivity contribution is 7.98. The number of nitrogens with one attached hydrogen (secondary N) is 2. The molecule has 6 nitrogen and oxygen atoms in total. The van der Waals surface area contributed by atoms with Gasteiger partial charge in [0.05, 0.1) is 6.10 Å². The molecular weight excluding hydrogens is 286 g/mol. The minimum Gasteiger partial charge on any atom is -0.461 e. The molecule has 0 amide bonds. The van der Waals surface area contributed by atoms with E-state index in [4.69, 9.17) is 4.74 Å². The van der Waals surface area contributed by atoms with Crippen molar-refractivity contribution in [3.8, 4) is 6.01 Å². The molecule has 0 radical (unpaired) electrons.